The highest BCUT2D eigenvalue weighted by atomic mass is 19.3. The number of hydrogen-bond acceptors (Lipinski definition) is 5. The number of carbonyl (C=O) groups is 1. The van der Waals surface area contributed by atoms with Gasteiger partial charge in [-0.05, 0) is 44.4 Å². The number of alkyl halides is 3. The molecule has 4 aromatic rings. The van der Waals surface area contributed by atoms with Crippen LogP contribution in [0.3, 0.4) is 0 Å². The summed E-state index contributed by atoms with van der Waals surface area (Å²) < 4.78 is 43.9. The molecule has 1 aliphatic heterocycles. The Labute approximate surface area is 205 Å². The largest absolute Gasteiger partial charge is 0.386 e. The third kappa shape index (κ3) is 4.32. The average molecular weight is 501 g/mol. The summed E-state index contributed by atoms with van der Waals surface area (Å²) in [5.41, 5.74) is 0.691. The van der Waals surface area contributed by atoms with Gasteiger partial charge in [0, 0.05) is 30.9 Å². The van der Waals surface area contributed by atoms with E-state index in [0.29, 0.717) is 40.1 Å². The zero-order chi connectivity index (χ0) is 25.6. The van der Waals surface area contributed by atoms with Crippen LogP contribution >= 0.6 is 0 Å². The lowest BCUT2D eigenvalue weighted by atomic mass is 10.0. The number of hydrogen-bond donors (Lipinski definition) is 1. The van der Waals surface area contributed by atoms with Gasteiger partial charge in [0.25, 0.3) is 18.6 Å². The van der Waals surface area contributed by atoms with Crippen molar-refractivity contribution < 1.29 is 23.1 Å². The summed E-state index contributed by atoms with van der Waals surface area (Å²) in [5, 5.41) is 14.9. The monoisotopic (exact) mass is 500 g/mol. The molecule has 1 atom stereocenters. The molecule has 5 rings (SSSR count). The molecule has 11 heteroatoms. The van der Waals surface area contributed by atoms with E-state index in [1.54, 1.807) is 41.5 Å². The number of halogens is 3. The van der Waals surface area contributed by atoms with Crippen LogP contribution in [0.4, 0.5) is 13.2 Å². The van der Waals surface area contributed by atoms with E-state index in [1.165, 1.54) is 18.5 Å². The van der Waals surface area contributed by atoms with Crippen molar-refractivity contribution in [2.24, 2.45) is 0 Å². The minimum atomic E-state index is -3.32. The van der Waals surface area contributed by atoms with Gasteiger partial charge in [0.05, 0.1) is 23.0 Å². The summed E-state index contributed by atoms with van der Waals surface area (Å²) in [6, 6.07) is 4.78. The van der Waals surface area contributed by atoms with Gasteiger partial charge in [0.2, 0.25) is 0 Å². The molecule has 36 heavy (non-hydrogen) atoms. The molecule has 5 heterocycles. The van der Waals surface area contributed by atoms with Gasteiger partial charge in [0.15, 0.2) is 0 Å². The number of carbonyl (C=O) groups excluding carboxylic acids is 1. The van der Waals surface area contributed by atoms with Crippen LogP contribution in [0.15, 0.2) is 36.8 Å². The van der Waals surface area contributed by atoms with Gasteiger partial charge in [-0.15, -0.1) is 0 Å². The maximum atomic E-state index is 14.7. The summed E-state index contributed by atoms with van der Waals surface area (Å²) in [6.45, 7) is 4.46. The SMILES string of the molecule is CC(C)(O)c1ccc2ncc(-c3nn(C(F)C(F)F)c4cc(C(=O)N5CCCCCC5)ncc34)n2c1. The predicted octanol–water partition coefficient (Wildman–Crippen LogP) is 4.72. The minimum Gasteiger partial charge on any atom is -0.386 e. The highest BCUT2D eigenvalue weighted by Gasteiger charge is 2.29. The first-order valence-corrected chi connectivity index (χ1v) is 12.0. The number of pyridine rings is 2. The van der Waals surface area contributed by atoms with Gasteiger partial charge in [-0.1, -0.05) is 18.9 Å². The van der Waals surface area contributed by atoms with Gasteiger partial charge in [-0.2, -0.15) is 5.10 Å². The lowest BCUT2D eigenvalue weighted by Gasteiger charge is -2.19. The third-order valence-electron chi connectivity index (χ3n) is 6.60. The molecule has 0 radical (unpaired) electrons. The third-order valence-corrected chi connectivity index (χ3v) is 6.60. The molecule has 4 aromatic heterocycles. The number of imidazole rings is 1. The second-order valence-corrected chi connectivity index (χ2v) is 9.64. The Morgan fingerprint density at radius 2 is 1.78 bits per heavy atom. The van der Waals surface area contributed by atoms with E-state index in [2.05, 4.69) is 15.1 Å². The fraction of sp³-hybridized carbons (Fsp3) is 0.440. The van der Waals surface area contributed by atoms with E-state index in [1.807, 2.05) is 0 Å². The van der Waals surface area contributed by atoms with Gasteiger partial charge in [0.1, 0.15) is 17.0 Å². The van der Waals surface area contributed by atoms with Crippen molar-refractivity contribution in [3.63, 3.8) is 0 Å². The summed E-state index contributed by atoms with van der Waals surface area (Å²) in [6.07, 6.45) is 2.37. The molecule has 0 saturated carbocycles. The van der Waals surface area contributed by atoms with E-state index in [-0.39, 0.29) is 22.8 Å². The quantitative estimate of drug-likeness (QED) is 0.428. The van der Waals surface area contributed by atoms with Crippen LogP contribution in [0, 0.1) is 0 Å². The first kappa shape index (κ1) is 24.2. The van der Waals surface area contributed by atoms with Gasteiger partial charge < -0.3 is 10.0 Å². The smallest absolute Gasteiger partial charge is 0.289 e. The topological polar surface area (TPSA) is 88.5 Å². The van der Waals surface area contributed by atoms with E-state index in [4.69, 9.17) is 0 Å². The number of aromatic nitrogens is 5. The Hall–Kier alpha value is -3.47. The minimum absolute atomic E-state index is 0.0413. The van der Waals surface area contributed by atoms with E-state index in [0.717, 1.165) is 25.7 Å². The lowest BCUT2D eigenvalue weighted by Crippen LogP contribution is -2.32. The Morgan fingerprint density at radius 1 is 1.06 bits per heavy atom. The molecule has 1 unspecified atom stereocenters. The van der Waals surface area contributed by atoms with Crippen molar-refractivity contribution >= 4 is 22.5 Å². The number of aliphatic hydroxyl groups is 1. The summed E-state index contributed by atoms with van der Waals surface area (Å²) >= 11 is 0. The predicted molar refractivity (Wildman–Crippen MR) is 127 cm³/mol. The van der Waals surface area contributed by atoms with Crippen LogP contribution in [0.2, 0.25) is 0 Å². The number of nitrogens with zero attached hydrogens (tertiary/aromatic N) is 6. The normalized spacial score (nSPS) is 16.1. The van der Waals surface area contributed by atoms with Crippen molar-refractivity contribution in [3.8, 4) is 11.4 Å². The molecule has 1 amide bonds. The molecule has 0 bridgehead atoms. The Morgan fingerprint density at radius 3 is 2.44 bits per heavy atom. The van der Waals surface area contributed by atoms with Gasteiger partial charge in [-0.25, -0.2) is 22.8 Å². The zero-order valence-corrected chi connectivity index (χ0v) is 20.0. The van der Waals surface area contributed by atoms with Gasteiger partial charge >= 0.3 is 0 Å². The molecule has 1 aliphatic rings. The molecule has 1 saturated heterocycles. The first-order chi connectivity index (χ1) is 17.1. The average Bonchev–Trinajstić information content (AvgIpc) is 3.32. The molecule has 1 fully saturated rings. The van der Waals surface area contributed by atoms with Crippen LogP contribution in [-0.2, 0) is 5.60 Å². The fourth-order valence-corrected chi connectivity index (χ4v) is 4.59. The summed E-state index contributed by atoms with van der Waals surface area (Å²) in [5.74, 6) is -0.315. The lowest BCUT2D eigenvalue weighted by molar-refractivity contribution is 0.00356. The van der Waals surface area contributed by atoms with Crippen LogP contribution in [-0.4, -0.2) is 59.6 Å². The van der Waals surface area contributed by atoms with Gasteiger partial charge in [-0.3, -0.25) is 14.2 Å². The molecule has 0 aromatic carbocycles. The van der Waals surface area contributed by atoms with Crippen molar-refractivity contribution in [1.29, 1.82) is 0 Å². The number of fused-ring (bicyclic) bond motifs is 2. The van der Waals surface area contributed by atoms with Crippen LogP contribution in [0.5, 0.6) is 0 Å². The highest BCUT2D eigenvalue weighted by molar-refractivity contribution is 5.99. The second kappa shape index (κ2) is 9.20. The van der Waals surface area contributed by atoms with Crippen molar-refractivity contribution in [1.82, 2.24) is 29.0 Å². The standard InChI is InChI=1S/C25H27F3N6O2/c1-25(2,36)15-7-8-20-30-13-19(33(20)14-15)21-16-12-29-17(24(35)32-9-5-3-4-6-10-32)11-18(16)34(31-21)23(28)22(26)27/h7-8,11-14,22-23,36H,3-6,9-10H2,1-2H3. The zero-order valence-electron chi connectivity index (χ0n) is 20.0. The van der Waals surface area contributed by atoms with Crippen LogP contribution < -0.4 is 0 Å². The van der Waals surface area contributed by atoms with Crippen molar-refractivity contribution in [2.75, 3.05) is 13.1 Å². The molecular weight excluding hydrogens is 473 g/mol. The molecule has 190 valence electrons. The Kier molecular flexibility index (Phi) is 6.19. The summed E-state index contributed by atoms with van der Waals surface area (Å²) in [7, 11) is 0. The first-order valence-electron chi connectivity index (χ1n) is 12.0. The maximum absolute atomic E-state index is 14.7. The van der Waals surface area contributed by atoms with Crippen molar-refractivity contribution in [3.05, 3.63) is 48.0 Å². The molecule has 0 spiro atoms. The fourth-order valence-electron chi connectivity index (χ4n) is 4.59. The molecule has 0 aliphatic carbocycles. The van der Waals surface area contributed by atoms with Crippen LogP contribution in [0.25, 0.3) is 27.9 Å². The summed E-state index contributed by atoms with van der Waals surface area (Å²) in [4.78, 5) is 23.5. The number of likely N-dealkylation sites (tertiary alicyclic amines) is 1. The maximum Gasteiger partial charge on any atom is 0.289 e. The number of rotatable bonds is 5. The van der Waals surface area contributed by atoms with Crippen LogP contribution in [0.1, 0.15) is 61.9 Å². The van der Waals surface area contributed by atoms with E-state index < -0.39 is 18.3 Å². The van der Waals surface area contributed by atoms with Crippen molar-refractivity contribution in [2.45, 2.75) is 57.9 Å². The Bertz CT molecular complexity index is 1420. The molecule has 8 nitrogen and oxygen atoms in total. The highest BCUT2D eigenvalue weighted by Crippen LogP contribution is 2.33. The van der Waals surface area contributed by atoms with E-state index >= 15 is 0 Å². The van der Waals surface area contributed by atoms with E-state index in [9.17, 15) is 23.1 Å². The number of amides is 1. The molecular formula is C25H27F3N6O2. The molecule has 1 N–H and O–H groups in total. The Balaban J connectivity index is 1.65. The second-order valence-electron chi connectivity index (χ2n) is 9.64.